The molecule has 6 nitrogen and oxygen atoms in total. The SMILES string of the molecule is Cc1c(Cl)ccc2sc(N3CCN(C(=O)c4ccnn4C(C)C)CC3)nc12. The molecule has 1 aromatic carbocycles. The molecule has 1 aliphatic rings. The number of benzene rings is 1. The van der Waals surface area contributed by atoms with Crippen molar-refractivity contribution in [1.29, 1.82) is 0 Å². The van der Waals surface area contributed by atoms with Gasteiger partial charge in [0.2, 0.25) is 0 Å². The monoisotopic (exact) mass is 403 g/mol. The number of rotatable bonds is 3. The Hall–Kier alpha value is -2.12. The lowest BCUT2D eigenvalue weighted by atomic mass is 10.2. The van der Waals surface area contributed by atoms with E-state index in [-0.39, 0.29) is 11.9 Å². The molecule has 0 atom stereocenters. The summed E-state index contributed by atoms with van der Waals surface area (Å²) in [7, 11) is 0. The Morgan fingerprint density at radius 2 is 1.93 bits per heavy atom. The van der Waals surface area contributed by atoms with Crippen LogP contribution in [0.25, 0.3) is 10.2 Å². The van der Waals surface area contributed by atoms with Crippen molar-refractivity contribution in [3.05, 3.63) is 40.7 Å². The lowest BCUT2D eigenvalue weighted by Crippen LogP contribution is -2.49. The van der Waals surface area contributed by atoms with Crippen molar-refractivity contribution in [3.8, 4) is 0 Å². The Bertz CT molecular complexity index is 987. The van der Waals surface area contributed by atoms with Gasteiger partial charge in [0.15, 0.2) is 5.13 Å². The van der Waals surface area contributed by atoms with E-state index in [1.807, 2.05) is 37.8 Å². The summed E-state index contributed by atoms with van der Waals surface area (Å²) in [6, 6.07) is 5.92. The van der Waals surface area contributed by atoms with Crippen molar-refractivity contribution < 1.29 is 4.79 Å². The average molecular weight is 404 g/mol. The Morgan fingerprint density at radius 1 is 1.19 bits per heavy atom. The van der Waals surface area contributed by atoms with Crippen molar-refractivity contribution in [1.82, 2.24) is 19.7 Å². The molecule has 0 unspecified atom stereocenters. The Labute approximate surface area is 167 Å². The lowest BCUT2D eigenvalue weighted by Gasteiger charge is -2.34. The van der Waals surface area contributed by atoms with Gasteiger partial charge in [0, 0.05) is 43.4 Å². The number of carbonyl (C=O) groups is 1. The molecular formula is C19H22ClN5OS. The molecule has 1 amide bonds. The van der Waals surface area contributed by atoms with Gasteiger partial charge in [-0.2, -0.15) is 5.10 Å². The van der Waals surface area contributed by atoms with E-state index in [1.165, 1.54) is 0 Å². The zero-order chi connectivity index (χ0) is 19.1. The van der Waals surface area contributed by atoms with Crippen LogP contribution in [0.3, 0.4) is 0 Å². The summed E-state index contributed by atoms with van der Waals surface area (Å²) in [5, 5.41) is 6.02. The van der Waals surface area contributed by atoms with Crippen molar-refractivity contribution >= 4 is 44.2 Å². The number of hydrogen-bond acceptors (Lipinski definition) is 5. The number of hydrogen-bond donors (Lipinski definition) is 0. The lowest BCUT2D eigenvalue weighted by molar-refractivity contribution is 0.0732. The van der Waals surface area contributed by atoms with Crippen LogP contribution in [0.1, 0.15) is 35.9 Å². The minimum Gasteiger partial charge on any atom is -0.345 e. The molecule has 0 saturated carbocycles. The number of fused-ring (bicyclic) bond motifs is 1. The molecule has 4 rings (SSSR count). The maximum atomic E-state index is 12.9. The second-order valence-electron chi connectivity index (χ2n) is 7.05. The largest absolute Gasteiger partial charge is 0.345 e. The van der Waals surface area contributed by atoms with Gasteiger partial charge in [-0.25, -0.2) is 4.98 Å². The third kappa shape index (κ3) is 3.30. The van der Waals surface area contributed by atoms with Crippen molar-refractivity contribution in [3.63, 3.8) is 0 Å². The fourth-order valence-electron chi connectivity index (χ4n) is 3.38. The van der Waals surface area contributed by atoms with Crippen molar-refractivity contribution in [2.75, 3.05) is 31.1 Å². The fraction of sp³-hybridized carbons (Fsp3) is 0.421. The maximum absolute atomic E-state index is 12.9. The molecule has 0 spiro atoms. The topological polar surface area (TPSA) is 54.3 Å². The van der Waals surface area contributed by atoms with Gasteiger partial charge in [-0.15, -0.1) is 0 Å². The van der Waals surface area contributed by atoms with E-state index in [0.717, 1.165) is 39.0 Å². The standard InChI is InChI=1S/C19H22ClN5OS/c1-12(2)25-15(6-7-21-25)18(26)23-8-10-24(11-9-23)19-22-17-13(3)14(20)4-5-16(17)27-19/h4-7,12H,8-11H2,1-3H3. The van der Waals surface area contributed by atoms with Crippen LogP contribution >= 0.6 is 22.9 Å². The minimum absolute atomic E-state index is 0.0489. The van der Waals surface area contributed by atoms with Crippen molar-refractivity contribution in [2.45, 2.75) is 26.8 Å². The molecule has 3 heterocycles. The molecule has 0 aliphatic carbocycles. The molecule has 3 aromatic rings. The minimum atomic E-state index is 0.0489. The number of amides is 1. The second-order valence-corrected chi connectivity index (χ2v) is 8.47. The predicted molar refractivity (Wildman–Crippen MR) is 110 cm³/mol. The number of thiazole rings is 1. The quantitative estimate of drug-likeness (QED) is 0.663. The summed E-state index contributed by atoms with van der Waals surface area (Å²) in [5.41, 5.74) is 2.65. The van der Waals surface area contributed by atoms with Crippen molar-refractivity contribution in [2.24, 2.45) is 0 Å². The number of aromatic nitrogens is 3. The summed E-state index contributed by atoms with van der Waals surface area (Å²) in [6.07, 6.45) is 1.69. The summed E-state index contributed by atoms with van der Waals surface area (Å²) in [4.78, 5) is 21.8. The van der Waals surface area contributed by atoms with Crippen LogP contribution in [-0.2, 0) is 0 Å². The van der Waals surface area contributed by atoms with Crippen LogP contribution in [0.2, 0.25) is 5.02 Å². The molecule has 1 fully saturated rings. The highest BCUT2D eigenvalue weighted by Crippen LogP contribution is 2.33. The summed E-state index contributed by atoms with van der Waals surface area (Å²) >= 11 is 7.90. The number of carbonyl (C=O) groups excluding carboxylic acids is 1. The summed E-state index contributed by atoms with van der Waals surface area (Å²) in [5.74, 6) is 0.0489. The van der Waals surface area contributed by atoms with E-state index < -0.39 is 0 Å². The highest BCUT2D eigenvalue weighted by molar-refractivity contribution is 7.22. The number of piperazine rings is 1. The molecule has 27 heavy (non-hydrogen) atoms. The Morgan fingerprint density at radius 3 is 2.63 bits per heavy atom. The first kappa shape index (κ1) is 18.3. The fourth-order valence-corrected chi connectivity index (χ4v) is 4.61. The number of aryl methyl sites for hydroxylation is 1. The third-order valence-corrected chi connectivity index (χ3v) is 6.44. The van der Waals surface area contributed by atoms with Gasteiger partial charge in [-0.05, 0) is 44.5 Å². The van der Waals surface area contributed by atoms with Gasteiger partial charge in [0.25, 0.3) is 5.91 Å². The first-order valence-corrected chi connectivity index (χ1v) is 10.3. The van der Waals surface area contributed by atoms with Crippen LogP contribution < -0.4 is 4.90 Å². The normalized spacial score (nSPS) is 15.1. The highest BCUT2D eigenvalue weighted by atomic mass is 35.5. The highest BCUT2D eigenvalue weighted by Gasteiger charge is 2.26. The van der Waals surface area contributed by atoms with Crippen LogP contribution in [0.15, 0.2) is 24.4 Å². The molecule has 142 valence electrons. The van der Waals surface area contributed by atoms with Gasteiger partial charge < -0.3 is 9.80 Å². The smallest absolute Gasteiger partial charge is 0.272 e. The van der Waals surface area contributed by atoms with Gasteiger partial charge >= 0.3 is 0 Å². The van der Waals surface area contributed by atoms with Crippen LogP contribution in [0, 0.1) is 6.92 Å². The van der Waals surface area contributed by atoms with Gasteiger partial charge in [0.05, 0.1) is 10.2 Å². The molecular weight excluding hydrogens is 382 g/mol. The zero-order valence-electron chi connectivity index (χ0n) is 15.6. The van der Waals surface area contributed by atoms with E-state index >= 15 is 0 Å². The first-order valence-electron chi connectivity index (χ1n) is 9.09. The summed E-state index contributed by atoms with van der Waals surface area (Å²) in [6.45, 7) is 8.96. The van der Waals surface area contributed by atoms with Crippen LogP contribution in [-0.4, -0.2) is 51.8 Å². The molecule has 2 aromatic heterocycles. The number of nitrogens with zero attached hydrogens (tertiary/aromatic N) is 5. The van der Waals surface area contributed by atoms with E-state index in [4.69, 9.17) is 16.6 Å². The molecule has 0 bridgehead atoms. The molecule has 0 N–H and O–H groups in total. The summed E-state index contributed by atoms with van der Waals surface area (Å²) < 4.78 is 2.93. The zero-order valence-corrected chi connectivity index (χ0v) is 17.2. The van der Waals surface area contributed by atoms with Gasteiger partial charge in [0.1, 0.15) is 5.69 Å². The van der Waals surface area contributed by atoms with E-state index in [1.54, 1.807) is 28.3 Å². The molecule has 1 saturated heterocycles. The third-order valence-electron chi connectivity index (χ3n) is 4.95. The van der Waals surface area contributed by atoms with E-state index in [0.29, 0.717) is 18.8 Å². The second kappa shape index (κ2) is 7.13. The molecule has 8 heteroatoms. The van der Waals surface area contributed by atoms with E-state index in [9.17, 15) is 4.79 Å². The predicted octanol–water partition coefficient (Wildman–Crippen LogP) is 4.00. The number of halogens is 1. The number of anilines is 1. The molecule has 0 radical (unpaired) electrons. The maximum Gasteiger partial charge on any atom is 0.272 e. The van der Waals surface area contributed by atoms with Crippen LogP contribution in [0.5, 0.6) is 0 Å². The van der Waals surface area contributed by atoms with Crippen LogP contribution in [0.4, 0.5) is 5.13 Å². The Balaban J connectivity index is 1.48. The average Bonchev–Trinajstić information content (AvgIpc) is 3.32. The first-order chi connectivity index (χ1) is 13.0. The Kier molecular flexibility index (Phi) is 4.82. The van der Waals surface area contributed by atoms with Gasteiger partial charge in [-0.1, -0.05) is 22.9 Å². The van der Waals surface area contributed by atoms with Gasteiger partial charge in [-0.3, -0.25) is 9.48 Å². The molecule has 1 aliphatic heterocycles. The van der Waals surface area contributed by atoms with E-state index in [2.05, 4.69) is 10.00 Å².